The normalized spacial score (nSPS) is 29.2. The van der Waals surface area contributed by atoms with E-state index in [-0.39, 0.29) is 55.6 Å². The number of likely N-dealkylation sites (tertiary alicyclic amines) is 2. The van der Waals surface area contributed by atoms with Crippen molar-refractivity contribution in [3.8, 4) is 6.07 Å². The van der Waals surface area contributed by atoms with E-state index in [1.807, 2.05) is 25.2 Å². The van der Waals surface area contributed by atoms with E-state index in [2.05, 4.69) is 10.6 Å². The predicted molar refractivity (Wildman–Crippen MR) is 143 cm³/mol. The zero-order valence-corrected chi connectivity index (χ0v) is 24.9. The van der Waals surface area contributed by atoms with Crippen LogP contribution in [-0.4, -0.2) is 95.6 Å². The molecule has 1 saturated carbocycles. The summed E-state index contributed by atoms with van der Waals surface area (Å²) in [6.45, 7) is 9.37. The first-order valence-corrected chi connectivity index (χ1v) is 14.5. The number of hydrogen-bond acceptors (Lipinski definition) is 7. The molecule has 7 atom stereocenters. The maximum atomic E-state index is 14.0. The number of hydrogen-bond donors (Lipinski definition) is 3. The molecular weight excluding hydrogens is 573 g/mol. The minimum atomic E-state index is -5.26. The number of nitrogens with one attached hydrogen (secondary N) is 3. The van der Waals surface area contributed by atoms with Crippen molar-refractivity contribution >= 4 is 29.7 Å². The molecule has 3 saturated heterocycles. The van der Waals surface area contributed by atoms with Crippen molar-refractivity contribution in [3.63, 3.8) is 0 Å². The van der Waals surface area contributed by atoms with Gasteiger partial charge < -0.3 is 30.5 Å². The maximum Gasteiger partial charge on any atom is 0.471 e. The number of fused-ring (bicyclic) bond motifs is 1. The van der Waals surface area contributed by atoms with Gasteiger partial charge in [0.25, 0.3) is 0 Å². The van der Waals surface area contributed by atoms with Crippen LogP contribution in [0, 0.1) is 40.4 Å². The van der Waals surface area contributed by atoms with E-state index in [1.165, 1.54) is 9.80 Å². The SMILES string of the molecule is CC(C)(C)OC(=O)N1CC[C@H]([C@H](NC(=O)C(F)(F)F)C(=O)N2C[C@H]3[C@@H]([C@H]2C(=O)N[C@H](C#N)C[C@@H]2CCNC2=O)C3(C)C)C1. The van der Waals surface area contributed by atoms with Crippen LogP contribution in [0.4, 0.5) is 18.0 Å². The third kappa shape index (κ3) is 6.83. The van der Waals surface area contributed by atoms with Crippen molar-refractivity contribution in [3.05, 3.63) is 0 Å². The average Bonchev–Trinajstić information content (AvgIpc) is 3.43. The smallest absolute Gasteiger partial charge is 0.444 e. The molecule has 0 spiro atoms. The van der Waals surface area contributed by atoms with Gasteiger partial charge in [-0.15, -0.1) is 0 Å². The number of piperidine rings is 1. The van der Waals surface area contributed by atoms with Gasteiger partial charge in [-0.2, -0.15) is 18.4 Å². The Morgan fingerprint density at radius 3 is 2.37 bits per heavy atom. The van der Waals surface area contributed by atoms with Gasteiger partial charge in [-0.05, 0) is 57.3 Å². The van der Waals surface area contributed by atoms with Crippen molar-refractivity contribution in [2.24, 2.45) is 29.1 Å². The number of ether oxygens (including phenoxy) is 1. The molecule has 3 aliphatic heterocycles. The Hall–Kier alpha value is -3.57. The topological polar surface area (TPSA) is 161 Å². The second kappa shape index (κ2) is 11.5. The van der Waals surface area contributed by atoms with E-state index in [9.17, 15) is 42.4 Å². The summed E-state index contributed by atoms with van der Waals surface area (Å²) in [5.41, 5.74) is -1.15. The number of carbonyl (C=O) groups excluding carboxylic acids is 5. The first-order valence-electron chi connectivity index (χ1n) is 14.5. The molecule has 3 N–H and O–H groups in total. The van der Waals surface area contributed by atoms with Crippen LogP contribution < -0.4 is 16.0 Å². The molecule has 0 aromatic carbocycles. The highest BCUT2D eigenvalue weighted by Crippen LogP contribution is 2.65. The summed E-state index contributed by atoms with van der Waals surface area (Å²) in [6.07, 6.45) is -5.24. The van der Waals surface area contributed by atoms with E-state index in [1.54, 1.807) is 20.8 Å². The van der Waals surface area contributed by atoms with Gasteiger partial charge in [-0.25, -0.2) is 4.79 Å². The number of carbonyl (C=O) groups is 5. The van der Waals surface area contributed by atoms with E-state index >= 15 is 0 Å². The Labute approximate surface area is 248 Å². The third-order valence-electron chi connectivity index (χ3n) is 9.07. The number of halogens is 3. The molecule has 3 heterocycles. The van der Waals surface area contributed by atoms with Gasteiger partial charge in [0, 0.05) is 38.0 Å². The molecule has 15 heteroatoms. The quantitative estimate of drug-likeness (QED) is 0.391. The highest BCUT2D eigenvalue weighted by Gasteiger charge is 2.70. The second-order valence-corrected chi connectivity index (χ2v) is 13.5. The van der Waals surface area contributed by atoms with Gasteiger partial charge in [0.05, 0.1) is 6.07 Å². The summed E-state index contributed by atoms with van der Waals surface area (Å²) in [4.78, 5) is 66.8. The molecule has 0 bridgehead atoms. The summed E-state index contributed by atoms with van der Waals surface area (Å²) in [7, 11) is 0. The lowest BCUT2D eigenvalue weighted by atomic mass is 9.94. The van der Waals surface area contributed by atoms with E-state index in [4.69, 9.17) is 4.74 Å². The summed E-state index contributed by atoms with van der Waals surface area (Å²) in [5.74, 6) is -5.76. The van der Waals surface area contributed by atoms with Crippen LogP contribution in [0.25, 0.3) is 0 Å². The first kappa shape index (κ1) is 32.3. The van der Waals surface area contributed by atoms with Gasteiger partial charge in [-0.1, -0.05) is 13.8 Å². The molecule has 4 rings (SSSR count). The Morgan fingerprint density at radius 1 is 1.14 bits per heavy atom. The van der Waals surface area contributed by atoms with E-state index < -0.39 is 65.6 Å². The van der Waals surface area contributed by atoms with Crippen molar-refractivity contribution in [2.45, 2.75) is 83.8 Å². The molecule has 0 aromatic heterocycles. The van der Waals surface area contributed by atoms with Gasteiger partial charge in [0.1, 0.15) is 23.7 Å². The fourth-order valence-electron chi connectivity index (χ4n) is 6.70. The minimum Gasteiger partial charge on any atom is -0.444 e. The van der Waals surface area contributed by atoms with Crippen LogP contribution in [0.2, 0.25) is 0 Å². The minimum absolute atomic E-state index is 0.0811. The number of alkyl halides is 3. The van der Waals surface area contributed by atoms with Crippen molar-refractivity contribution in [1.29, 1.82) is 5.26 Å². The molecular formula is C28H39F3N6O6. The fourth-order valence-corrected chi connectivity index (χ4v) is 6.70. The van der Waals surface area contributed by atoms with Crippen LogP contribution in [0.3, 0.4) is 0 Å². The summed E-state index contributed by atoms with van der Waals surface area (Å²) >= 11 is 0. The molecule has 0 aromatic rings. The fraction of sp³-hybridized carbons (Fsp3) is 0.786. The van der Waals surface area contributed by atoms with E-state index in [0.717, 1.165) is 0 Å². The first-order chi connectivity index (χ1) is 19.8. The summed E-state index contributed by atoms with van der Waals surface area (Å²) in [5, 5.41) is 16.8. The van der Waals surface area contributed by atoms with Crippen LogP contribution in [-0.2, 0) is 23.9 Å². The molecule has 12 nitrogen and oxygen atoms in total. The molecule has 5 amide bonds. The second-order valence-electron chi connectivity index (χ2n) is 13.5. The molecule has 1 aliphatic carbocycles. The predicted octanol–water partition coefficient (Wildman–Crippen LogP) is 1.31. The van der Waals surface area contributed by atoms with E-state index in [0.29, 0.717) is 13.0 Å². The number of nitriles is 1. The third-order valence-corrected chi connectivity index (χ3v) is 9.07. The molecule has 4 aliphatic rings. The highest BCUT2D eigenvalue weighted by atomic mass is 19.4. The summed E-state index contributed by atoms with van der Waals surface area (Å²) < 4.78 is 45.4. The standard InChI is InChI=1S/C28H39F3N6O6/c1-26(2,3)43-25(42)36-9-7-15(12-36)19(35-24(41)28(29,30)31)23(40)37-13-17-18(27(17,4)5)20(37)22(39)34-16(11-32)10-14-6-8-33-21(14)38/h14-20H,6-10,12-13H2,1-5H3,(H,33,38)(H,34,39)(H,35,41)/t14-,15-,16-,17-,18-,19-,20-/m0/s1. The zero-order chi connectivity index (χ0) is 32.1. The van der Waals surface area contributed by atoms with Gasteiger partial charge in [0.15, 0.2) is 0 Å². The lowest BCUT2D eigenvalue weighted by Gasteiger charge is -2.35. The number of rotatable bonds is 7. The lowest BCUT2D eigenvalue weighted by Crippen LogP contribution is -2.60. The molecule has 238 valence electrons. The lowest BCUT2D eigenvalue weighted by molar-refractivity contribution is -0.175. The van der Waals surface area contributed by atoms with Crippen LogP contribution in [0.1, 0.15) is 53.9 Å². The molecule has 0 unspecified atom stereocenters. The van der Waals surface area contributed by atoms with Gasteiger partial charge >= 0.3 is 18.2 Å². The van der Waals surface area contributed by atoms with Crippen LogP contribution >= 0.6 is 0 Å². The maximum absolute atomic E-state index is 14.0. The average molecular weight is 613 g/mol. The number of nitrogens with zero attached hydrogens (tertiary/aromatic N) is 3. The largest absolute Gasteiger partial charge is 0.471 e. The Bertz CT molecular complexity index is 1210. The Balaban J connectivity index is 1.55. The van der Waals surface area contributed by atoms with Crippen molar-refractivity contribution in [1.82, 2.24) is 25.8 Å². The summed E-state index contributed by atoms with van der Waals surface area (Å²) in [6, 6.07) is -1.77. The molecule has 43 heavy (non-hydrogen) atoms. The van der Waals surface area contributed by atoms with Crippen molar-refractivity contribution in [2.75, 3.05) is 26.2 Å². The zero-order valence-electron chi connectivity index (χ0n) is 24.9. The van der Waals surface area contributed by atoms with Gasteiger partial charge in [0.2, 0.25) is 17.7 Å². The molecule has 0 radical (unpaired) electrons. The molecule has 4 fully saturated rings. The monoisotopic (exact) mass is 612 g/mol. The Kier molecular flexibility index (Phi) is 8.65. The Morgan fingerprint density at radius 2 is 1.81 bits per heavy atom. The van der Waals surface area contributed by atoms with Crippen molar-refractivity contribution < 1.29 is 41.9 Å². The number of amides is 5. The van der Waals surface area contributed by atoms with Gasteiger partial charge in [-0.3, -0.25) is 19.2 Å². The van der Waals surface area contributed by atoms with Crippen LogP contribution in [0.5, 0.6) is 0 Å². The van der Waals surface area contributed by atoms with Crippen LogP contribution in [0.15, 0.2) is 0 Å². The highest BCUT2D eigenvalue weighted by molar-refractivity contribution is 5.95.